The van der Waals surface area contributed by atoms with Gasteiger partial charge in [0.2, 0.25) is 0 Å². The molecule has 0 unspecified atom stereocenters. The minimum Gasteiger partial charge on any atom is -0.384 e. The predicted molar refractivity (Wildman–Crippen MR) is 114 cm³/mol. The van der Waals surface area contributed by atoms with E-state index < -0.39 is 5.60 Å². The Balaban J connectivity index is 1.31. The number of fused-ring (bicyclic) bond motifs is 8. The number of thiophene rings is 1. The summed E-state index contributed by atoms with van der Waals surface area (Å²) in [6.45, 7) is 2.99. The molecule has 1 aromatic heterocycles. The van der Waals surface area contributed by atoms with Gasteiger partial charge in [0.15, 0.2) is 0 Å². The number of aliphatic hydroxyl groups is 1. The summed E-state index contributed by atoms with van der Waals surface area (Å²) in [6.07, 6.45) is 2.87. The fraction of sp³-hybridized carbons (Fsp3) is 0.360. The largest absolute Gasteiger partial charge is 0.384 e. The smallest absolute Gasteiger partial charge is 0.101 e. The van der Waals surface area contributed by atoms with E-state index in [-0.39, 0.29) is 5.41 Å². The minimum absolute atomic E-state index is 0.121. The molecule has 2 aromatic carbocycles. The van der Waals surface area contributed by atoms with Crippen LogP contribution in [0.2, 0.25) is 0 Å². The number of benzene rings is 2. The molecule has 1 saturated heterocycles. The van der Waals surface area contributed by atoms with Crippen LogP contribution in [-0.2, 0) is 11.0 Å². The van der Waals surface area contributed by atoms with E-state index in [1.807, 2.05) is 6.07 Å². The second-order valence-electron chi connectivity index (χ2n) is 8.80. The summed E-state index contributed by atoms with van der Waals surface area (Å²) < 4.78 is 0. The number of nitrogens with zero attached hydrogens (tertiary/aromatic N) is 1. The van der Waals surface area contributed by atoms with Gasteiger partial charge in [-0.25, -0.2) is 0 Å². The highest BCUT2D eigenvalue weighted by Crippen LogP contribution is 2.60. The van der Waals surface area contributed by atoms with Crippen LogP contribution in [0.15, 0.2) is 66.0 Å². The molecule has 1 N–H and O–H groups in total. The molecule has 0 radical (unpaired) electrons. The summed E-state index contributed by atoms with van der Waals surface area (Å²) in [5.41, 5.74) is 5.64. The van der Waals surface area contributed by atoms with Gasteiger partial charge in [0.05, 0.1) is 0 Å². The molecule has 2 bridgehead atoms. The zero-order valence-corrected chi connectivity index (χ0v) is 16.8. The maximum absolute atomic E-state index is 11.1. The maximum Gasteiger partial charge on any atom is 0.101 e. The monoisotopic (exact) mass is 387 g/mol. The van der Waals surface area contributed by atoms with Gasteiger partial charge in [-0.3, -0.25) is 0 Å². The Bertz CT molecular complexity index is 969. The summed E-state index contributed by atoms with van der Waals surface area (Å²) in [5, 5.41) is 13.2. The lowest BCUT2D eigenvalue weighted by atomic mass is 9.74. The highest BCUT2D eigenvalue weighted by Gasteiger charge is 2.53. The predicted octanol–water partition coefficient (Wildman–Crippen LogP) is 4.87. The Kier molecular flexibility index (Phi) is 3.65. The van der Waals surface area contributed by atoms with Crippen molar-refractivity contribution in [2.24, 2.45) is 0 Å². The molecule has 6 rings (SSSR count). The number of piperidine rings is 1. The molecule has 0 spiro atoms. The van der Waals surface area contributed by atoms with Crippen molar-refractivity contribution in [3.8, 4) is 0 Å². The van der Waals surface area contributed by atoms with Crippen molar-refractivity contribution in [1.82, 2.24) is 4.90 Å². The van der Waals surface area contributed by atoms with Crippen molar-refractivity contribution in [1.29, 1.82) is 0 Å². The van der Waals surface area contributed by atoms with Gasteiger partial charge in [0.1, 0.15) is 5.60 Å². The number of rotatable bonds is 3. The van der Waals surface area contributed by atoms with Crippen LogP contribution in [0.4, 0.5) is 0 Å². The lowest BCUT2D eigenvalue weighted by Gasteiger charge is -2.42. The SMILES string of the molecule is OC1(c2cccs2)CCN(CC23CC(c4ccccc42)c2ccccc23)CC1. The lowest BCUT2D eigenvalue weighted by molar-refractivity contribution is -0.0260. The minimum atomic E-state index is -0.633. The first-order chi connectivity index (χ1) is 13.7. The summed E-state index contributed by atoms with van der Waals surface area (Å²) in [7, 11) is 0. The molecular weight excluding hydrogens is 362 g/mol. The average Bonchev–Trinajstić information content (AvgIpc) is 3.45. The third-order valence-electron chi connectivity index (χ3n) is 7.41. The molecule has 3 heteroatoms. The van der Waals surface area contributed by atoms with E-state index in [4.69, 9.17) is 0 Å². The van der Waals surface area contributed by atoms with Crippen LogP contribution in [0.25, 0.3) is 0 Å². The summed E-state index contributed by atoms with van der Waals surface area (Å²) in [4.78, 5) is 3.73. The summed E-state index contributed by atoms with van der Waals surface area (Å²) >= 11 is 1.69. The fourth-order valence-corrected chi connectivity index (χ4v) is 6.95. The standard InChI is InChI=1S/C25H25NOS/c27-25(23-10-5-15-28-23)11-13-26(14-12-25)17-24-16-20(18-6-1-3-8-21(18)24)19-7-2-4-9-22(19)24/h1-10,15,20,27H,11-14,16-17H2. The van der Waals surface area contributed by atoms with Crippen LogP contribution in [0, 0.1) is 0 Å². The second-order valence-corrected chi connectivity index (χ2v) is 9.75. The molecule has 1 fully saturated rings. The third-order valence-corrected chi connectivity index (χ3v) is 8.48. The molecular formula is C25H25NOS. The van der Waals surface area contributed by atoms with Crippen LogP contribution in [-0.4, -0.2) is 29.6 Å². The van der Waals surface area contributed by atoms with E-state index in [2.05, 4.69) is 64.9 Å². The Morgan fingerprint density at radius 3 is 2.14 bits per heavy atom. The molecule has 2 aliphatic carbocycles. The fourth-order valence-electron chi connectivity index (χ4n) is 6.06. The molecule has 142 valence electrons. The first-order valence-corrected chi connectivity index (χ1v) is 11.3. The Labute approximate surface area is 170 Å². The van der Waals surface area contributed by atoms with Crippen LogP contribution in [0.5, 0.6) is 0 Å². The number of hydrogen-bond acceptors (Lipinski definition) is 3. The first kappa shape index (κ1) is 17.0. The highest BCUT2D eigenvalue weighted by molar-refractivity contribution is 7.10. The number of hydrogen-bond donors (Lipinski definition) is 1. The molecule has 3 aliphatic rings. The zero-order valence-electron chi connectivity index (χ0n) is 16.0. The van der Waals surface area contributed by atoms with Crippen LogP contribution < -0.4 is 0 Å². The zero-order chi connectivity index (χ0) is 18.8. The van der Waals surface area contributed by atoms with Crippen molar-refractivity contribution in [2.75, 3.05) is 19.6 Å². The van der Waals surface area contributed by atoms with Gasteiger partial charge in [-0.05, 0) is 53.0 Å². The molecule has 0 saturated carbocycles. The van der Waals surface area contributed by atoms with Crippen molar-refractivity contribution in [3.63, 3.8) is 0 Å². The maximum atomic E-state index is 11.1. The Hall–Kier alpha value is -1.94. The van der Waals surface area contributed by atoms with Crippen LogP contribution >= 0.6 is 11.3 Å². The van der Waals surface area contributed by atoms with E-state index >= 15 is 0 Å². The van der Waals surface area contributed by atoms with E-state index in [9.17, 15) is 5.11 Å². The van der Waals surface area contributed by atoms with Gasteiger partial charge in [0, 0.05) is 35.8 Å². The number of likely N-dealkylation sites (tertiary alicyclic amines) is 1. The normalized spacial score (nSPS) is 27.5. The topological polar surface area (TPSA) is 23.5 Å². The van der Waals surface area contributed by atoms with E-state index in [0.717, 1.165) is 37.4 Å². The van der Waals surface area contributed by atoms with E-state index in [1.165, 1.54) is 28.7 Å². The molecule has 2 heterocycles. The summed E-state index contributed by atoms with van der Waals surface area (Å²) in [6, 6.07) is 22.3. The van der Waals surface area contributed by atoms with Crippen LogP contribution in [0.3, 0.4) is 0 Å². The highest BCUT2D eigenvalue weighted by atomic mass is 32.1. The molecule has 0 amide bonds. The van der Waals surface area contributed by atoms with Gasteiger partial charge < -0.3 is 10.0 Å². The van der Waals surface area contributed by atoms with Gasteiger partial charge in [-0.1, -0.05) is 54.6 Å². The average molecular weight is 388 g/mol. The summed E-state index contributed by atoms with van der Waals surface area (Å²) in [5.74, 6) is 0.556. The van der Waals surface area contributed by atoms with E-state index in [0.29, 0.717) is 5.92 Å². The lowest BCUT2D eigenvalue weighted by Crippen LogP contribution is -2.47. The quantitative estimate of drug-likeness (QED) is 0.693. The molecule has 28 heavy (non-hydrogen) atoms. The van der Waals surface area contributed by atoms with E-state index in [1.54, 1.807) is 11.3 Å². The van der Waals surface area contributed by atoms with Crippen molar-refractivity contribution < 1.29 is 5.11 Å². The molecule has 2 nitrogen and oxygen atoms in total. The van der Waals surface area contributed by atoms with Gasteiger partial charge >= 0.3 is 0 Å². The first-order valence-electron chi connectivity index (χ1n) is 10.4. The van der Waals surface area contributed by atoms with Gasteiger partial charge in [0.25, 0.3) is 0 Å². The van der Waals surface area contributed by atoms with Gasteiger partial charge in [-0.2, -0.15) is 0 Å². The van der Waals surface area contributed by atoms with Gasteiger partial charge in [-0.15, -0.1) is 11.3 Å². The second kappa shape index (κ2) is 6.03. The third kappa shape index (κ3) is 2.27. The van der Waals surface area contributed by atoms with Crippen molar-refractivity contribution in [3.05, 3.63) is 93.2 Å². The Morgan fingerprint density at radius 2 is 1.54 bits per heavy atom. The van der Waals surface area contributed by atoms with Crippen molar-refractivity contribution >= 4 is 11.3 Å². The molecule has 0 atom stereocenters. The molecule has 3 aromatic rings. The van der Waals surface area contributed by atoms with Crippen molar-refractivity contribution in [2.45, 2.75) is 36.2 Å². The van der Waals surface area contributed by atoms with Crippen LogP contribution in [0.1, 0.15) is 52.3 Å². The molecule has 1 aliphatic heterocycles. The Morgan fingerprint density at radius 1 is 0.893 bits per heavy atom.